The second kappa shape index (κ2) is 14.3. The summed E-state index contributed by atoms with van der Waals surface area (Å²) >= 11 is 11.4. The van der Waals surface area contributed by atoms with Gasteiger partial charge in [0.1, 0.15) is 4.75 Å². The highest BCUT2D eigenvalue weighted by Crippen LogP contribution is 2.54. The van der Waals surface area contributed by atoms with E-state index in [1.807, 2.05) is 53.6 Å². The third kappa shape index (κ3) is 7.13. The van der Waals surface area contributed by atoms with Crippen molar-refractivity contribution in [3.63, 3.8) is 0 Å². The van der Waals surface area contributed by atoms with Gasteiger partial charge in [0.25, 0.3) is 0 Å². The van der Waals surface area contributed by atoms with Crippen LogP contribution in [-0.4, -0.2) is 70.7 Å². The van der Waals surface area contributed by atoms with Crippen LogP contribution in [-0.2, 0) is 27.3 Å². The van der Waals surface area contributed by atoms with Crippen LogP contribution in [0, 0.1) is 0 Å². The number of nitrogens with zero attached hydrogens (tertiary/aromatic N) is 2. The van der Waals surface area contributed by atoms with Gasteiger partial charge in [-0.1, -0.05) is 64.8 Å². The van der Waals surface area contributed by atoms with Gasteiger partial charge in [0.2, 0.25) is 11.8 Å². The van der Waals surface area contributed by atoms with Gasteiger partial charge in [-0.05, 0) is 66.9 Å². The number of hydrogen-bond acceptors (Lipinski definition) is 5. The van der Waals surface area contributed by atoms with E-state index >= 15 is 0 Å². The van der Waals surface area contributed by atoms with Gasteiger partial charge in [0.05, 0.1) is 25.7 Å². The molecule has 3 aromatic carbocycles. The summed E-state index contributed by atoms with van der Waals surface area (Å²) < 4.78 is 5.36. The van der Waals surface area contributed by atoms with Crippen molar-refractivity contribution in [3.8, 4) is 0 Å². The van der Waals surface area contributed by atoms with E-state index in [4.69, 9.17) is 16.3 Å². The number of amides is 2. The number of H-pyrrole nitrogens is 1. The van der Waals surface area contributed by atoms with Crippen LogP contribution in [0.25, 0.3) is 10.9 Å². The highest BCUT2D eigenvalue weighted by Gasteiger charge is 2.58. The maximum Gasteiger partial charge on any atom is 0.239 e. The van der Waals surface area contributed by atoms with Gasteiger partial charge < -0.3 is 19.9 Å². The number of aromatic amines is 1. The van der Waals surface area contributed by atoms with Gasteiger partial charge in [0.15, 0.2) is 0 Å². The average molecular weight is 710 g/mol. The molecule has 2 aliphatic rings. The Bertz CT molecular complexity index is 1640. The first-order valence-electron chi connectivity index (χ1n) is 15.5. The van der Waals surface area contributed by atoms with Gasteiger partial charge >= 0.3 is 0 Å². The number of benzene rings is 3. The molecule has 0 radical (unpaired) electrons. The molecule has 0 spiro atoms. The molecule has 0 aliphatic carbocycles. The normalized spacial score (nSPS) is 20.6. The number of thioether (sulfide) groups is 1. The second-order valence-corrected chi connectivity index (χ2v) is 14.5. The molecule has 2 atom stereocenters. The van der Waals surface area contributed by atoms with Crippen LogP contribution in [0.5, 0.6) is 0 Å². The predicted molar refractivity (Wildman–Crippen MR) is 185 cm³/mol. The molecule has 2 fully saturated rings. The van der Waals surface area contributed by atoms with Crippen molar-refractivity contribution in [1.82, 2.24) is 20.1 Å². The molecule has 45 heavy (non-hydrogen) atoms. The molecule has 3 heterocycles. The molecule has 0 saturated carbocycles. The minimum atomic E-state index is -1.10. The Morgan fingerprint density at radius 1 is 1.09 bits per heavy atom. The minimum absolute atomic E-state index is 0.0487. The Morgan fingerprint density at radius 3 is 2.56 bits per heavy atom. The largest absolute Gasteiger partial charge is 0.379 e. The van der Waals surface area contributed by atoms with Gasteiger partial charge in [0, 0.05) is 63.2 Å². The molecule has 10 heteroatoms. The number of likely N-dealkylation sites (tertiary alicyclic amines) is 1. The molecule has 6 rings (SSSR count). The molecule has 2 saturated heterocycles. The number of halogens is 2. The Kier molecular flexibility index (Phi) is 10.2. The monoisotopic (exact) mass is 708 g/mol. The summed E-state index contributed by atoms with van der Waals surface area (Å²) in [5, 5.41) is 4.85. The summed E-state index contributed by atoms with van der Waals surface area (Å²) in [6, 6.07) is 21.6. The molecule has 1 aromatic heterocycles. The molecular formula is C35H38BrClN4O3S. The summed E-state index contributed by atoms with van der Waals surface area (Å²) in [4.78, 5) is 37.4. The molecule has 7 nitrogen and oxygen atoms in total. The zero-order chi connectivity index (χ0) is 31.4. The van der Waals surface area contributed by atoms with E-state index in [2.05, 4.69) is 62.3 Å². The van der Waals surface area contributed by atoms with Crippen LogP contribution < -0.4 is 5.32 Å². The Hall–Kier alpha value is -2.82. The van der Waals surface area contributed by atoms with Crippen molar-refractivity contribution in [1.29, 1.82) is 0 Å². The number of morpholine rings is 1. The lowest BCUT2D eigenvalue weighted by atomic mass is 9.91. The molecule has 0 bridgehead atoms. The Morgan fingerprint density at radius 2 is 1.82 bits per heavy atom. The molecule has 0 unspecified atom stereocenters. The molecule has 4 aromatic rings. The van der Waals surface area contributed by atoms with E-state index in [0.29, 0.717) is 18.1 Å². The topological polar surface area (TPSA) is 77.7 Å². The number of fused-ring (bicyclic) bond motifs is 1. The maximum atomic E-state index is 14.6. The zero-order valence-corrected chi connectivity index (χ0v) is 28.5. The van der Waals surface area contributed by atoms with Crippen LogP contribution in [0.15, 0.2) is 82.3 Å². The molecule has 2 N–H and O–H groups in total. The highest BCUT2D eigenvalue weighted by atomic mass is 79.9. The van der Waals surface area contributed by atoms with E-state index in [1.54, 1.807) is 0 Å². The lowest BCUT2D eigenvalue weighted by molar-refractivity contribution is -0.129. The third-order valence-electron chi connectivity index (χ3n) is 8.78. The van der Waals surface area contributed by atoms with Crippen molar-refractivity contribution in [2.45, 2.75) is 48.4 Å². The number of carbonyl (C=O) groups is 2. The van der Waals surface area contributed by atoms with Gasteiger partial charge in [-0.2, -0.15) is 0 Å². The Labute approximate surface area is 282 Å². The smallest absolute Gasteiger partial charge is 0.239 e. The van der Waals surface area contributed by atoms with E-state index in [9.17, 15) is 9.59 Å². The van der Waals surface area contributed by atoms with Crippen LogP contribution in [0.1, 0.15) is 42.5 Å². The maximum absolute atomic E-state index is 14.6. The first kappa shape index (κ1) is 32.1. The van der Waals surface area contributed by atoms with Crippen molar-refractivity contribution in [2.24, 2.45) is 0 Å². The first-order chi connectivity index (χ1) is 21.9. The van der Waals surface area contributed by atoms with Crippen molar-refractivity contribution in [2.75, 3.05) is 39.4 Å². The van der Waals surface area contributed by atoms with E-state index in [-0.39, 0.29) is 18.2 Å². The quantitative estimate of drug-likeness (QED) is 0.164. The summed E-state index contributed by atoms with van der Waals surface area (Å²) in [5.74, 6) is -0.165. The van der Waals surface area contributed by atoms with E-state index in [0.717, 1.165) is 77.1 Å². The fraction of sp³-hybridized carbons (Fsp3) is 0.371. The fourth-order valence-corrected chi connectivity index (χ4v) is 8.23. The molecule has 2 aliphatic heterocycles. The van der Waals surface area contributed by atoms with Crippen molar-refractivity contribution >= 4 is 62.0 Å². The number of nitrogens with one attached hydrogen (secondary N) is 2. The minimum Gasteiger partial charge on any atom is -0.379 e. The van der Waals surface area contributed by atoms with E-state index < -0.39 is 10.8 Å². The van der Waals surface area contributed by atoms with Crippen LogP contribution >= 0.6 is 39.3 Å². The first-order valence-corrected chi connectivity index (χ1v) is 17.5. The van der Waals surface area contributed by atoms with Crippen LogP contribution in [0.3, 0.4) is 0 Å². The molecule has 2 amide bonds. The van der Waals surface area contributed by atoms with Gasteiger partial charge in [-0.3, -0.25) is 14.5 Å². The SMILES string of the molecule is CCc1ccc(S[C@@]2(C(=O)NCCCN3CCOCC3)CC(=O)N(Cc3ccc(Br)cc3)[C@H]2c2c[nH]c3cc(Cl)ccc23)cc1. The lowest BCUT2D eigenvalue weighted by Gasteiger charge is -2.36. The van der Waals surface area contributed by atoms with Crippen LogP contribution in [0.4, 0.5) is 0 Å². The summed E-state index contributed by atoms with van der Waals surface area (Å²) in [5.41, 5.74) is 4.01. The second-order valence-electron chi connectivity index (χ2n) is 11.7. The number of hydrogen-bond donors (Lipinski definition) is 2. The average Bonchev–Trinajstić information content (AvgIpc) is 3.58. The lowest BCUT2D eigenvalue weighted by Crippen LogP contribution is -2.48. The highest BCUT2D eigenvalue weighted by molar-refractivity contribution is 9.10. The summed E-state index contributed by atoms with van der Waals surface area (Å²) in [7, 11) is 0. The standard InChI is InChI=1S/C35H38BrClN4O3S/c1-2-24-6-11-28(12-7-24)45-35(34(43)38-14-3-15-40-16-18-44-19-17-40)21-32(42)41(23-25-4-8-26(36)9-5-25)33(35)30-22-39-31-20-27(37)10-13-29(30)31/h4-13,20,22,33,39H,2-3,14-19,21,23H2,1H3,(H,38,43)/t33-,35-/m0/s1. The van der Waals surface area contributed by atoms with Crippen LogP contribution in [0.2, 0.25) is 5.02 Å². The van der Waals surface area contributed by atoms with E-state index in [1.165, 1.54) is 17.3 Å². The van der Waals surface area contributed by atoms with Crippen molar-refractivity contribution < 1.29 is 14.3 Å². The molecular weight excluding hydrogens is 672 g/mol. The Balaban J connectivity index is 1.39. The number of aryl methyl sites for hydroxylation is 1. The van der Waals surface area contributed by atoms with Crippen molar-refractivity contribution in [3.05, 3.63) is 99.1 Å². The summed E-state index contributed by atoms with van der Waals surface area (Å²) in [6.07, 6.45) is 3.79. The predicted octanol–water partition coefficient (Wildman–Crippen LogP) is 6.99. The summed E-state index contributed by atoms with van der Waals surface area (Å²) in [6.45, 7) is 7.25. The van der Waals surface area contributed by atoms with Gasteiger partial charge in [-0.15, -0.1) is 11.8 Å². The van der Waals surface area contributed by atoms with Gasteiger partial charge in [-0.25, -0.2) is 0 Å². The number of carbonyl (C=O) groups excluding carboxylic acids is 2. The number of ether oxygens (including phenoxy) is 1. The number of rotatable bonds is 11. The molecule has 236 valence electrons. The zero-order valence-electron chi connectivity index (χ0n) is 25.4. The fourth-order valence-electron chi connectivity index (χ4n) is 6.38. The number of aromatic nitrogens is 1. The third-order valence-corrected chi connectivity index (χ3v) is 11.0.